The van der Waals surface area contributed by atoms with E-state index in [1.165, 1.54) is 58.0 Å². The Hall–Kier alpha value is -0.530. The molecular formula is C18H30ClN. The molecule has 0 N–H and O–H groups in total. The highest BCUT2D eigenvalue weighted by molar-refractivity contribution is 5.85. The number of unbranched alkanes of at least 4 members (excludes halogenated alkanes) is 2. The summed E-state index contributed by atoms with van der Waals surface area (Å²) in [5.74, 6) is 0. The lowest BCUT2D eigenvalue weighted by molar-refractivity contribution is 0.174. The van der Waals surface area contributed by atoms with Crippen LogP contribution in [0.1, 0.15) is 57.1 Å². The molecule has 0 aromatic heterocycles. The van der Waals surface area contributed by atoms with Crippen LogP contribution in [0.25, 0.3) is 0 Å². The van der Waals surface area contributed by atoms with Crippen molar-refractivity contribution in [3.05, 3.63) is 35.4 Å². The van der Waals surface area contributed by atoms with Crippen molar-refractivity contribution < 1.29 is 0 Å². The van der Waals surface area contributed by atoms with Gasteiger partial charge in [0.1, 0.15) is 0 Å². The summed E-state index contributed by atoms with van der Waals surface area (Å²) in [6, 6.07) is 9.81. The lowest BCUT2D eigenvalue weighted by atomic mass is 9.87. The van der Waals surface area contributed by atoms with Crippen LogP contribution in [0.15, 0.2) is 24.3 Å². The molecule has 2 heteroatoms. The fourth-order valence-electron chi connectivity index (χ4n) is 3.19. The van der Waals surface area contributed by atoms with Crippen molar-refractivity contribution in [3.8, 4) is 0 Å². The van der Waals surface area contributed by atoms with Crippen LogP contribution in [-0.4, -0.2) is 24.0 Å². The van der Waals surface area contributed by atoms with Gasteiger partial charge in [0.2, 0.25) is 0 Å². The molecule has 0 heterocycles. The van der Waals surface area contributed by atoms with Crippen LogP contribution in [0.2, 0.25) is 0 Å². The maximum Gasteiger partial charge on any atom is 0.0139 e. The molecule has 0 bridgehead atoms. The van der Waals surface area contributed by atoms with Crippen molar-refractivity contribution in [3.63, 3.8) is 0 Å². The zero-order valence-electron chi connectivity index (χ0n) is 13.1. The second kappa shape index (κ2) is 9.41. The Balaban J connectivity index is 0.00000200. The Morgan fingerprint density at radius 3 is 2.20 bits per heavy atom. The molecule has 0 radical (unpaired) electrons. The van der Waals surface area contributed by atoms with Crippen molar-refractivity contribution >= 4 is 12.4 Å². The number of hydrogen-bond donors (Lipinski definition) is 0. The molecule has 0 saturated carbocycles. The monoisotopic (exact) mass is 295 g/mol. The van der Waals surface area contributed by atoms with Crippen LogP contribution in [0.5, 0.6) is 0 Å². The van der Waals surface area contributed by atoms with Gasteiger partial charge in [-0.15, -0.1) is 12.4 Å². The Labute approximate surface area is 131 Å². The zero-order chi connectivity index (χ0) is 13.5. The molecule has 1 aliphatic rings. The van der Waals surface area contributed by atoms with Crippen LogP contribution in [0, 0.1) is 0 Å². The molecule has 0 spiro atoms. The van der Waals surface area contributed by atoms with E-state index in [1.807, 2.05) is 0 Å². The van der Waals surface area contributed by atoms with Crippen LogP contribution >= 0.6 is 12.4 Å². The van der Waals surface area contributed by atoms with Gasteiger partial charge in [-0.1, -0.05) is 51.0 Å². The summed E-state index contributed by atoms with van der Waals surface area (Å²) in [5, 5.41) is 0. The van der Waals surface area contributed by atoms with Gasteiger partial charge in [-0.05, 0) is 56.3 Å². The molecule has 0 fully saturated rings. The van der Waals surface area contributed by atoms with E-state index in [9.17, 15) is 0 Å². The molecule has 114 valence electrons. The summed E-state index contributed by atoms with van der Waals surface area (Å²) >= 11 is 0. The number of benzene rings is 1. The summed E-state index contributed by atoms with van der Waals surface area (Å²) < 4.78 is 0. The number of rotatable bonds is 7. The lowest BCUT2D eigenvalue weighted by Gasteiger charge is -2.35. The topological polar surface area (TPSA) is 3.24 Å². The summed E-state index contributed by atoms with van der Waals surface area (Å²) in [6.07, 6.45) is 9.21. The largest absolute Gasteiger partial charge is 0.300 e. The third-order valence-electron chi connectivity index (χ3n) is 4.43. The van der Waals surface area contributed by atoms with Crippen LogP contribution in [0.4, 0.5) is 0 Å². The normalized spacial score (nSPS) is 17.6. The van der Waals surface area contributed by atoms with E-state index >= 15 is 0 Å². The molecule has 0 saturated heterocycles. The highest BCUT2D eigenvalue weighted by atomic mass is 35.5. The molecule has 1 aromatic rings. The van der Waals surface area contributed by atoms with Crippen LogP contribution in [0.3, 0.4) is 0 Å². The molecule has 20 heavy (non-hydrogen) atoms. The standard InChI is InChI=1S/C18H29N.ClH/c1-3-5-13-19(14-6-4-2)18-12-11-16-9-7-8-10-17(16)15-18;/h7-10,18H,3-6,11-15H2,1-2H3;1H. The van der Waals surface area contributed by atoms with Gasteiger partial charge in [0.05, 0.1) is 0 Å². The molecule has 1 nitrogen and oxygen atoms in total. The van der Waals surface area contributed by atoms with Gasteiger partial charge in [-0.3, -0.25) is 0 Å². The second-order valence-electron chi connectivity index (χ2n) is 5.91. The van der Waals surface area contributed by atoms with Gasteiger partial charge in [0.25, 0.3) is 0 Å². The Kier molecular flexibility index (Phi) is 8.25. The van der Waals surface area contributed by atoms with Crippen molar-refractivity contribution in [1.82, 2.24) is 4.90 Å². The first-order valence-corrected chi connectivity index (χ1v) is 8.16. The summed E-state index contributed by atoms with van der Waals surface area (Å²) in [7, 11) is 0. The van der Waals surface area contributed by atoms with Crippen molar-refractivity contribution in [2.24, 2.45) is 0 Å². The molecule has 0 aliphatic heterocycles. The fourth-order valence-corrected chi connectivity index (χ4v) is 3.19. The smallest absolute Gasteiger partial charge is 0.0139 e. The average Bonchev–Trinajstić information content (AvgIpc) is 2.47. The van der Waals surface area contributed by atoms with Gasteiger partial charge in [0.15, 0.2) is 0 Å². The molecule has 0 amide bonds. The van der Waals surface area contributed by atoms with Crippen molar-refractivity contribution in [2.45, 2.75) is 64.8 Å². The minimum absolute atomic E-state index is 0. The van der Waals surface area contributed by atoms with E-state index in [2.05, 4.69) is 43.0 Å². The first-order valence-electron chi connectivity index (χ1n) is 8.16. The van der Waals surface area contributed by atoms with Crippen LogP contribution in [-0.2, 0) is 12.8 Å². The van der Waals surface area contributed by atoms with Crippen molar-refractivity contribution in [1.29, 1.82) is 0 Å². The summed E-state index contributed by atoms with van der Waals surface area (Å²) in [4.78, 5) is 2.77. The van der Waals surface area contributed by atoms with Gasteiger partial charge < -0.3 is 4.90 Å². The first kappa shape index (κ1) is 17.5. The molecule has 1 aromatic carbocycles. The third-order valence-corrected chi connectivity index (χ3v) is 4.43. The fraction of sp³-hybridized carbons (Fsp3) is 0.667. The lowest BCUT2D eigenvalue weighted by Crippen LogP contribution is -2.40. The highest BCUT2D eigenvalue weighted by Gasteiger charge is 2.23. The second-order valence-corrected chi connectivity index (χ2v) is 5.91. The quantitative estimate of drug-likeness (QED) is 0.694. The van der Waals surface area contributed by atoms with Gasteiger partial charge in [0, 0.05) is 6.04 Å². The Bertz CT molecular complexity index is 369. The van der Waals surface area contributed by atoms with Crippen molar-refractivity contribution in [2.75, 3.05) is 13.1 Å². The van der Waals surface area contributed by atoms with E-state index < -0.39 is 0 Å². The Morgan fingerprint density at radius 2 is 1.60 bits per heavy atom. The summed E-state index contributed by atoms with van der Waals surface area (Å²) in [5.41, 5.74) is 3.18. The molecule has 1 aliphatic carbocycles. The van der Waals surface area contributed by atoms with Gasteiger partial charge in [-0.25, -0.2) is 0 Å². The summed E-state index contributed by atoms with van der Waals surface area (Å²) in [6.45, 7) is 7.19. The first-order chi connectivity index (χ1) is 9.35. The van der Waals surface area contributed by atoms with E-state index in [0.717, 1.165) is 6.04 Å². The van der Waals surface area contributed by atoms with E-state index in [4.69, 9.17) is 0 Å². The maximum absolute atomic E-state index is 2.77. The van der Waals surface area contributed by atoms with E-state index in [-0.39, 0.29) is 12.4 Å². The number of hydrogen-bond acceptors (Lipinski definition) is 1. The Morgan fingerprint density at radius 1 is 1.00 bits per heavy atom. The van der Waals surface area contributed by atoms with Gasteiger partial charge >= 0.3 is 0 Å². The molecule has 2 rings (SSSR count). The zero-order valence-corrected chi connectivity index (χ0v) is 13.9. The number of fused-ring (bicyclic) bond motifs is 1. The van der Waals surface area contributed by atoms with Crippen LogP contribution < -0.4 is 0 Å². The minimum atomic E-state index is 0. The molecule has 1 atom stereocenters. The minimum Gasteiger partial charge on any atom is -0.300 e. The molecule has 1 unspecified atom stereocenters. The predicted molar refractivity (Wildman–Crippen MR) is 90.9 cm³/mol. The van der Waals surface area contributed by atoms with E-state index in [0.29, 0.717) is 0 Å². The van der Waals surface area contributed by atoms with E-state index in [1.54, 1.807) is 11.1 Å². The number of aryl methyl sites for hydroxylation is 1. The third kappa shape index (κ3) is 4.79. The number of halogens is 1. The number of nitrogens with zero attached hydrogens (tertiary/aromatic N) is 1. The maximum atomic E-state index is 2.77. The highest BCUT2D eigenvalue weighted by Crippen LogP contribution is 2.25. The molecular weight excluding hydrogens is 266 g/mol. The van der Waals surface area contributed by atoms with Gasteiger partial charge in [-0.2, -0.15) is 0 Å². The predicted octanol–water partition coefficient (Wildman–Crippen LogP) is 4.87. The SMILES string of the molecule is CCCCN(CCCC)C1CCc2ccccc2C1.Cl. The average molecular weight is 296 g/mol.